The van der Waals surface area contributed by atoms with Gasteiger partial charge in [-0.2, -0.15) is 0 Å². The van der Waals surface area contributed by atoms with Gasteiger partial charge in [0.25, 0.3) is 5.91 Å². The van der Waals surface area contributed by atoms with Gasteiger partial charge < -0.3 is 9.64 Å². The van der Waals surface area contributed by atoms with Crippen LogP contribution in [0.25, 0.3) is 0 Å². The Morgan fingerprint density at radius 1 is 1.20 bits per heavy atom. The predicted octanol–water partition coefficient (Wildman–Crippen LogP) is 3.93. The van der Waals surface area contributed by atoms with Gasteiger partial charge in [-0.25, -0.2) is 4.79 Å². The smallest absolute Gasteiger partial charge is 0.337 e. The van der Waals surface area contributed by atoms with Gasteiger partial charge in [-0.05, 0) is 61.6 Å². The molecule has 2 aromatic rings. The highest BCUT2D eigenvalue weighted by Gasteiger charge is 2.31. The Kier molecular flexibility index (Phi) is 4.88. The van der Waals surface area contributed by atoms with Crippen LogP contribution in [-0.4, -0.2) is 30.4 Å². The highest BCUT2D eigenvalue weighted by Crippen LogP contribution is 2.37. The minimum Gasteiger partial charge on any atom is -0.465 e. The zero-order valence-electron chi connectivity index (χ0n) is 14.9. The number of carbonyl (C=O) groups is 2. The van der Waals surface area contributed by atoms with Crippen LogP contribution in [0.5, 0.6) is 0 Å². The Morgan fingerprint density at radius 3 is 2.64 bits per heavy atom. The molecule has 0 saturated carbocycles. The third kappa shape index (κ3) is 3.16. The molecule has 3 rings (SSSR count). The number of hydrogen-bond acceptors (Lipinski definition) is 3. The summed E-state index contributed by atoms with van der Waals surface area (Å²) in [6, 6.07) is 13.3. The maximum Gasteiger partial charge on any atom is 0.337 e. The monoisotopic (exact) mass is 337 g/mol. The number of esters is 1. The van der Waals surface area contributed by atoms with Crippen LogP contribution in [0, 0.1) is 6.92 Å². The van der Waals surface area contributed by atoms with E-state index in [2.05, 4.69) is 0 Å². The first-order valence-corrected chi connectivity index (χ1v) is 8.64. The van der Waals surface area contributed by atoms with Gasteiger partial charge in [0.1, 0.15) is 0 Å². The van der Waals surface area contributed by atoms with Gasteiger partial charge in [-0.1, -0.05) is 24.3 Å². The molecule has 1 aliphatic carbocycles. The average Bonchev–Trinajstić information content (AvgIpc) is 3.05. The molecule has 25 heavy (non-hydrogen) atoms. The zero-order chi connectivity index (χ0) is 18.0. The highest BCUT2D eigenvalue weighted by atomic mass is 16.5. The first-order chi connectivity index (χ1) is 12.1. The Morgan fingerprint density at radius 2 is 1.96 bits per heavy atom. The van der Waals surface area contributed by atoms with E-state index in [0.717, 1.165) is 29.5 Å². The number of methoxy groups -OCH3 is 1. The van der Waals surface area contributed by atoms with Crippen molar-refractivity contribution in [2.24, 2.45) is 0 Å². The second-order valence-corrected chi connectivity index (χ2v) is 6.37. The number of carbonyl (C=O) groups excluding carboxylic acids is 2. The minimum atomic E-state index is -0.346. The summed E-state index contributed by atoms with van der Waals surface area (Å²) in [7, 11) is 1.38. The van der Waals surface area contributed by atoms with Gasteiger partial charge in [0.2, 0.25) is 0 Å². The summed E-state index contributed by atoms with van der Waals surface area (Å²) in [5.41, 5.74) is 4.52. The number of aryl methyl sites for hydroxylation is 2. The molecule has 0 spiro atoms. The van der Waals surface area contributed by atoms with E-state index in [0.29, 0.717) is 12.1 Å². The average molecular weight is 337 g/mol. The van der Waals surface area contributed by atoms with Gasteiger partial charge in [-0.15, -0.1) is 0 Å². The number of hydrogen-bond donors (Lipinski definition) is 0. The quantitative estimate of drug-likeness (QED) is 0.794. The van der Waals surface area contributed by atoms with Crippen molar-refractivity contribution in [2.75, 3.05) is 13.7 Å². The summed E-state index contributed by atoms with van der Waals surface area (Å²) >= 11 is 0. The summed E-state index contributed by atoms with van der Waals surface area (Å²) in [4.78, 5) is 26.9. The molecule has 0 unspecified atom stereocenters. The largest absolute Gasteiger partial charge is 0.465 e. The molecule has 4 heteroatoms. The van der Waals surface area contributed by atoms with E-state index >= 15 is 0 Å². The maximum atomic E-state index is 13.1. The molecule has 0 aromatic heterocycles. The third-order valence-electron chi connectivity index (χ3n) is 4.97. The van der Waals surface area contributed by atoms with Crippen molar-refractivity contribution < 1.29 is 14.3 Å². The zero-order valence-corrected chi connectivity index (χ0v) is 14.9. The highest BCUT2D eigenvalue weighted by molar-refractivity contribution is 5.96. The third-order valence-corrected chi connectivity index (χ3v) is 4.97. The molecule has 1 aliphatic rings. The molecule has 0 N–H and O–H groups in total. The van der Waals surface area contributed by atoms with E-state index in [1.54, 1.807) is 6.07 Å². The summed E-state index contributed by atoms with van der Waals surface area (Å²) in [6.07, 6.45) is 1.80. The Hall–Kier alpha value is -2.62. The molecule has 0 heterocycles. The van der Waals surface area contributed by atoms with Crippen molar-refractivity contribution in [1.82, 2.24) is 4.90 Å². The standard InChI is InChI=1S/C21H23NO3/c1-4-22(20(23)17-8-6-5-7-14(17)2)19-12-11-15-9-10-16(13-18(15)19)21(24)25-3/h5-10,13,19H,4,11-12H2,1-3H3/t19-/m1/s1. The summed E-state index contributed by atoms with van der Waals surface area (Å²) in [6.45, 7) is 4.58. The Bertz CT molecular complexity index is 813. The van der Waals surface area contributed by atoms with Crippen molar-refractivity contribution >= 4 is 11.9 Å². The van der Waals surface area contributed by atoms with Gasteiger partial charge in [-0.3, -0.25) is 4.79 Å². The molecule has 0 bridgehead atoms. The van der Waals surface area contributed by atoms with Gasteiger partial charge in [0, 0.05) is 12.1 Å². The van der Waals surface area contributed by atoms with E-state index in [1.165, 1.54) is 12.7 Å². The fourth-order valence-electron chi connectivity index (χ4n) is 3.62. The topological polar surface area (TPSA) is 46.6 Å². The molecular weight excluding hydrogens is 314 g/mol. The lowest BCUT2D eigenvalue weighted by atomic mass is 10.0. The van der Waals surface area contributed by atoms with Gasteiger partial charge in [0.15, 0.2) is 0 Å². The van der Waals surface area contributed by atoms with Gasteiger partial charge >= 0.3 is 5.97 Å². The van der Waals surface area contributed by atoms with Crippen LogP contribution in [0.1, 0.15) is 56.8 Å². The van der Waals surface area contributed by atoms with Gasteiger partial charge in [0.05, 0.1) is 18.7 Å². The van der Waals surface area contributed by atoms with E-state index in [4.69, 9.17) is 4.74 Å². The van der Waals surface area contributed by atoms with Crippen LogP contribution in [-0.2, 0) is 11.2 Å². The van der Waals surface area contributed by atoms with Crippen LogP contribution in [0.15, 0.2) is 42.5 Å². The molecule has 0 radical (unpaired) electrons. The van der Waals surface area contributed by atoms with Crippen molar-refractivity contribution in [3.05, 3.63) is 70.3 Å². The van der Waals surface area contributed by atoms with Crippen molar-refractivity contribution in [3.63, 3.8) is 0 Å². The van der Waals surface area contributed by atoms with E-state index < -0.39 is 0 Å². The molecule has 2 aromatic carbocycles. The summed E-state index contributed by atoms with van der Waals surface area (Å²) < 4.78 is 4.83. The normalized spacial score (nSPS) is 15.6. The number of amides is 1. The number of nitrogens with zero attached hydrogens (tertiary/aromatic N) is 1. The summed E-state index contributed by atoms with van der Waals surface area (Å²) in [5.74, 6) is -0.302. The number of ether oxygens (including phenoxy) is 1. The fraction of sp³-hybridized carbons (Fsp3) is 0.333. The summed E-state index contributed by atoms with van der Waals surface area (Å²) in [5, 5.41) is 0. The molecule has 130 valence electrons. The molecule has 1 atom stereocenters. The van der Waals surface area contributed by atoms with E-state index in [9.17, 15) is 9.59 Å². The van der Waals surface area contributed by atoms with Crippen LogP contribution in [0.4, 0.5) is 0 Å². The lowest BCUT2D eigenvalue weighted by Gasteiger charge is -2.29. The van der Waals surface area contributed by atoms with Crippen LogP contribution >= 0.6 is 0 Å². The second kappa shape index (κ2) is 7.09. The Balaban J connectivity index is 1.96. The molecular formula is C21H23NO3. The number of rotatable bonds is 4. The molecule has 0 saturated heterocycles. The number of fused-ring (bicyclic) bond motifs is 1. The van der Waals surface area contributed by atoms with Crippen LogP contribution in [0.3, 0.4) is 0 Å². The SMILES string of the molecule is CCN(C(=O)c1ccccc1C)[C@@H]1CCc2ccc(C(=O)OC)cc21. The predicted molar refractivity (Wildman–Crippen MR) is 96.7 cm³/mol. The van der Waals surface area contributed by atoms with E-state index in [-0.39, 0.29) is 17.9 Å². The fourth-order valence-corrected chi connectivity index (χ4v) is 3.62. The van der Waals surface area contributed by atoms with Crippen molar-refractivity contribution in [2.45, 2.75) is 32.7 Å². The maximum absolute atomic E-state index is 13.1. The minimum absolute atomic E-state index is 0.00304. The van der Waals surface area contributed by atoms with Crippen molar-refractivity contribution in [3.8, 4) is 0 Å². The molecule has 0 aliphatic heterocycles. The molecule has 1 amide bonds. The first kappa shape index (κ1) is 17.2. The second-order valence-electron chi connectivity index (χ2n) is 6.37. The van der Waals surface area contributed by atoms with E-state index in [1.807, 2.05) is 55.1 Å². The van der Waals surface area contributed by atoms with Crippen LogP contribution < -0.4 is 0 Å². The van der Waals surface area contributed by atoms with Crippen LogP contribution in [0.2, 0.25) is 0 Å². The Labute approximate surface area is 148 Å². The molecule has 4 nitrogen and oxygen atoms in total. The lowest BCUT2D eigenvalue weighted by molar-refractivity contribution is 0.0600. The molecule has 0 fully saturated rings. The lowest BCUT2D eigenvalue weighted by Crippen LogP contribution is -2.34. The number of benzene rings is 2. The van der Waals surface area contributed by atoms with Crippen molar-refractivity contribution in [1.29, 1.82) is 0 Å². The first-order valence-electron chi connectivity index (χ1n) is 8.64.